The Morgan fingerprint density at radius 1 is 1.38 bits per heavy atom. The van der Waals surface area contributed by atoms with Gasteiger partial charge in [0, 0.05) is 16.6 Å². The van der Waals surface area contributed by atoms with Crippen molar-refractivity contribution in [1.29, 1.82) is 5.26 Å². The quantitative estimate of drug-likeness (QED) is 0.564. The lowest BCUT2D eigenvalue weighted by Crippen LogP contribution is -2.19. The van der Waals surface area contributed by atoms with E-state index in [1.165, 1.54) is 15.9 Å². The van der Waals surface area contributed by atoms with Crippen molar-refractivity contribution in [2.45, 2.75) is 6.42 Å². The van der Waals surface area contributed by atoms with Gasteiger partial charge in [-0.25, -0.2) is 0 Å². The molecule has 3 aromatic heterocycles. The Morgan fingerprint density at radius 3 is 2.96 bits per heavy atom. The maximum Gasteiger partial charge on any atom is 0.268 e. The number of nitrogens with two attached hydrogens (primary N) is 1. The molecule has 0 aliphatic rings. The van der Waals surface area contributed by atoms with Gasteiger partial charge in [0.25, 0.3) is 5.56 Å². The number of H-pyrrole nitrogens is 1. The molecule has 26 heavy (non-hydrogen) atoms. The number of nitrogen functional groups attached to an aromatic ring is 1. The number of anilines is 1. The van der Waals surface area contributed by atoms with Crippen molar-refractivity contribution in [2.24, 2.45) is 0 Å². The number of halogens is 1. The summed E-state index contributed by atoms with van der Waals surface area (Å²) in [4.78, 5) is 13.9. The zero-order valence-corrected chi connectivity index (χ0v) is 14.9. The normalized spacial score (nSPS) is 10.9. The zero-order valence-electron chi connectivity index (χ0n) is 13.4. The van der Waals surface area contributed by atoms with Gasteiger partial charge in [0.15, 0.2) is 5.82 Å². The van der Waals surface area contributed by atoms with Gasteiger partial charge in [0.05, 0.1) is 28.7 Å². The van der Waals surface area contributed by atoms with E-state index in [0.717, 1.165) is 16.0 Å². The Labute approximate surface area is 157 Å². The number of rotatable bonds is 3. The molecule has 8 heteroatoms. The number of hydrogen-bond acceptors (Lipinski definition) is 5. The first-order valence-corrected chi connectivity index (χ1v) is 8.94. The Hall–Kier alpha value is -3.08. The van der Waals surface area contributed by atoms with Crippen molar-refractivity contribution < 1.29 is 0 Å². The second-order valence-corrected chi connectivity index (χ2v) is 7.07. The highest BCUT2D eigenvalue weighted by molar-refractivity contribution is 7.10. The molecule has 0 aliphatic carbocycles. The van der Waals surface area contributed by atoms with E-state index < -0.39 is 0 Å². The Morgan fingerprint density at radius 2 is 2.19 bits per heavy atom. The summed E-state index contributed by atoms with van der Waals surface area (Å²) < 4.78 is 1.48. The monoisotopic (exact) mass is 381 g/mol. The molecule has 0 spiro atoms. The maximum absolute atomic E-state index is 13.0. The van der Waals surface area contributed by atoms with Crippen LogP contribution >= 0.6 is 22.9 Å². The first-order chi connectivity index (χ1) is 12.6. The van der Waals surface area contributed by atoms with E-state index in [2.05, 4.69) is 16.3 Å². The number of nitriles is 1. The van der Waals surface area contributed by atoms with Gasteiger partial charge in [-0.2, -0.15) is 10.4 Å². The van der Waals surface area contributed by atoms with Crippen molar-refractivity contribution in [2.75, 3.05) is 5.73 Å². The van der Waals surface area contributed by atoms with Gasteiger partial charge in [-0.15, -0.1) is 11.3 Å². The lowest BCUT2D eigenvalue weighted by atomic mass is 10.1. The van der Waals surface area contributed by atoms with Crippen molar-refractivity contribution >= 4 is 39.7 Å². The van der Waals surface area contributed by atoms with Crippen molar-refractivity contribution in [3.8, 4) is 22.9 Å². The van der Waals surface area contributed by atoms with Gasteiger partial charge in [0.1, 0.15) is 5.39 Å². The Balaban J connectivity index is 2.04. The van der Waals surface area contributed by atoms with Gasteiger partial charge in [-0.1, -0.05) is 23.7 Å². The molecule has 3 N–H and O–H groups in total. The minimum Gasteiger partial charge on any atom is -0.382 e. The van der Waals surface area contributed by atoms with Crippen LogP contribution in [0.2, 0.25) is 5.02 Å². The number of aromatic amines is 1. The number of thiophene rings is 1. The number of fused-ring (bicyclic) bond motifs is 1. The molecule has 0 bridgehead atoms. The van der Waals surface area contributed by atoms with Crippen molar-refractivity contribution in [3.05, 3.63) is 62.2 Å². The molecule has 6 nitrogen and oxygen atoms in total. The summed E-state index contributed by atoms with van der Waals surface area (Å²) in [5, 5.41) is 18.5. The minimum absolute atomic E-state index is 0.139. The number of para-hydroxylation sites is 1. The van der Waals surface area contributed by atoms with E-state index in [9.17, 15) is 4.79 Å². The summed E-state index contributed by atoms with van der Waals surface area (Å²) in [5.74, 6) is 0.139. The molecule has 4 aromatic rings. The fourth-order valence-electron chi connectivity index (χ4n) is 2.88. The van der Waals surface area contributed by atoms with Crippen LogP contribution in [0.25, 0.3) is 27.7 Å². The molecule has 0 radical (unpaired) electrons. The number of hydrogen-bond donors (Lipinski definition) is 2. The van der Waals surface area contributed by atoms with Gasteiger partial charge in [-0.05, 0) is 29.1 Å². The van der Waals surface area contributed by atoms with Crippen LogP contribution in [0, 0.1) is 11.3 Å². The van der Waals surface area contributed by atoms with E-state index in [4.69, 9.17) is 22.6 Å². The standard InChI is InChI=1S/C18H12ClN5OS/c19-13-3-1-2-4-14(13)24-8-12(10-7-11(5-6-20)26-9-10)16-15(18(24)25)17(21)23-22-16/h1-4,7-9H,5H2,(H3,21,22,23). The first-order valence-electron chi connectivity index (χ1n) is 7.69. The summed E-state index contributed by atoms with van der Waals surface area (Å²) in [6.45, 7) is 0. The van der Waals surface area contributed by atoms with Gasteiger partial charge in [0.2, 0.25) is 0 Å². The van der Waals surface area contributed by atoms with E-state index >= 15 is 0 Å². The summed E-state index contributed by atoms with van der Waals surface area (Å²) in [7, 11) is 0. The average Bonchev–Trinajstić information content (AvgIpc) is 3.24. The number of nitrogens with zero attached hydrogens (tertiary/aromatic N) is 3. The second-order valence-electron chi connectivity index (χ2n) is 5.66. The summed E-state index contributed by atoms with van der Waals surface area (Å²) in [6.07, 6.45) is 2.06. The molecule has 0 amide bonds. The highest BCUT2D eigenvalue weighted by Gasteiger charge is 2.18. The predicted octanol–water partition coefficient (Wildman–Crippen LogP) is 3.74. The second kappa shape index (κ2) is 6.33. The fourth-order valence-corrected chi connectivity index (χ4v) is 3.92. The smallest absolute Gasteiger partial charge is 0.268 e. The number of pyridine rings is 1. The van der Waals surface area contributed by atoms with Crippen LogP contribution in [0.5, 0.6) is 0 Å². The molecule has 0 atom stereocenters. The Bertz CT molecular complexity index is 1230. The van der Waals surface area contributed by atoms with Crippen LogP contribution < -0.4 is 11.3 Å². The van der Waals surface area contributed by atoms with E-state index in [1.54, 1.807) is 24.4 Å². The molecule has 3 heterocycles. The lowest BCUT2D eigenvalue weighted by molar-refractivity contribution is 1.01. The van der Waals surface area contributed by atoms with E-state index in [1.807, 2.05) is 17.5 Å². The summed E-state index contributed by atoms with van der Waals surface area (Å²) >= 11 is 7.78. The average molecular weight is 382 g/mol. The van der Waals surface area contributed by atoms with Crippen LogP contribution in [0.3, 0.4) is 0 Å². The van der Waals surface area contributed by atoms with Crippen molar-refractivity contribution in [3.63, 3.8) is 0 Å². The highest BCUT2D eigenvalue weighted by atomic mass is 35.5. The zero-order chi connectivity index (χ0) is 18.3. The topological polar surface area (TPSA) is 100 Å². The summed E-state index contributed by atoms with van der Waals surface area (Å²) in [5.41, 5.74) is 8.42. The van der Waals surface area contributed by atoms with Crippen LogP contribution in [0.4, 0.5) is 5.82 Å². The molecule has 0 saturated heterocycles. The molecule has 128 valence electrons. The third kappa shape index (κ3) is 2.56. The molecule has 0 saturated carbocycles. The first kappa shape index (κ1) is 16.4. The SMILES string of the molecule is N#CCc1cc(-c2cn(-c3ccccc3Cl)c(=O)c3c(N)n[nH]c23)cs1. The highest BCUT2D eigenvalue weighted by Crippen LogP contribution is 2.32. The number of nitrogens with one attached hydrogen (secondary N) is 1. The number of benzene rings is 1. The third-order valence-corrected chi connectivity index (χ3v) is 5.34. The molecule has 4 rings (SSSR count). The van der Waals surface area contributed by atoms with E-state index in [-0.39, 0.29) is 11.4 Å². The molecule has 0 aliphatic heterocycles. The van der Waals surface area contributed by atoms with E-state index in [0.29, 0.717) is 28.0 Å². The van der Waals surface area contributed by atoms with Crippen LogP contribution in [0.15, 0.2) is 46.7 Å². The van der Waals surface area contributed by atoms with Crippen LogP contribution in [0.1, 0.15) is 4.88 Å². The Kier molecular flexibility index (Phi) is 3.99. The van der Waals surface area contributed by atoms with Gasteiger partial charge < -0.3 is 5.73 Å². The molecular weight excluding hydrogens is 370 g/mol. The molecule has 0 unspecified atom stereocenters. The largest absolute Gasteiger partial charge is 0.382 e. The van der Waals surface area contributed by atoms with Gasteiger partial charge in [-0.3, -0.25) is 14.5 Å². The van der Waals surface area contributed by atoms with Gasteiger partial charge >= 0.3 is 0 Å². The molecular formula is C18H12ClN5OS. The molecule has 0 fully saturated rings. The lowest BCUT2D eigenvalue weighted by Gasteiger charge is -2.11. The third-order valence-electron chi connectivity index (χ3n) is 4.08. The summed E-state index contributed by atoms with van der Waals surface area (Å²) in [6, 6.07) is 11.2. The molecule has 1 aromatic carbocycles. The minimum atomic E-state index is -0.296. The van der Waals surface area contributed by atoms with Crippen LogP contribution in [-0.2, 0) is 6.42 Å². The van der Waals surface area contributed by atoms with Crippen molar-refractivity contribution in [1.82, 2.24) is 14.8 Å². The predicted molar refractivity (Wildman–Crippen MR) is 104 cm³/mol. The number of aromatic nitrogens is 3. The maximum atomic E-state index is 13.0. The van der Waals surface area contributed by atoms with Crippen LogP contribution in [-0.4, -0.2) is 14.8 Å². The fraction of sp³-hybridized carbons (Fsp3) is 0.0556.